The van der Waals surface area contributed by atoms with Crippen LogP contribution in [-0.4, -0.2) is 48.7 Å². The number of aliphatic hydroxyl groups excluding tert-OH is 2. The third-order valence-electron chi connectivity index (χ3n) is 1.29. The Morgan fingerprint density at radius 2 is 1.87 bits per heavy atom. The predicted molar refractivity (Wildman–Crippen MR) is 56.5 cm³/mol. The molecule has 15 heavy (non-hydrogen) atoms. The second kappa shape index (κ2) is 11.4. The van der Waals surface area contributed by atoms with E-state index in [1.54, 1.807) is 21.0 Å². The average molecular weight is 222 g/mol. The van der Waals surface area contributed by atoms with E-state index in [9.17, 15) is 4.79 Å². The Hall–Kier alpha value is -0.650. The van der Waals surface area contributed by atoms with Gasteiger partial charge < -0.3 is 19.7 Å². The summed E-state index contributed by atoms with van der Waals surface area (Å²) in [6.45, 7) is 5.42. The van der Waals surface area contributed by atoms with Crippen LogP contribution in [0, 0.1) is 0 Å². The molecule has 0 aromatic carbocycles. The lowest BCUT2D eigenvalue weighted by Gasteiger charge is -2.10. The van der Waals surface area contributed by atoms with E-state index >= 15 is 0 Å². The van der Waals surface area contributed by atoms with Crippen molar-refractivity contribution < 1.29 is 24.5 Å². The van der Waals surface area contributed by atoms with Crippen LogP contribution in [0.1, 0.15) is 27.2 Å². The number of carbonyl (C=O) groups excluding carboxylic acids is 1. The van der Waals surface area contributed by atoms with Crippen LogP contribution in [0.5, 0.6) is 0 Å². The van der Waals surface area contributed by atoms with Gasteiger partial charge in [-0.3, -0.25) is 4.79 Å². The molecule has 0 aromatic heterocycles. The molecule has 0 radical (unpaired) electrons. The molecule has 0 aliphatic heterocycles. The molecule has 2 unspecified atom stereocenters. The summed E-state index contributed by atoms with van der Waals surface area (Å²) in [6, 6.07) is 0. The smallest absolute Gasteiger partial charge is 0.305 e. The van der Waals surface area contributed by atoms with Gasteiger partial charge in [-0.05, 0) is 13.8 Å². The number of carbonyl (C=O) groups is 1. The highest BCUT2D eigenvalue weighted by Crippen LogP contribution is 1.93. The van der Waals surface area contributed by atoms with E-state index in [0.29, 0.717) is 13.0 Å². The molecule has 0 fully saturated rings. The molecule has 5 nitrogen and oxygen atoms in total. The van der Waals surface area contributed by atoms with Gasteiger partial charge in [-0.15, -0.1) is 0 Å². The minimum atomic E-state index is -0.560. The van der Waals surface area contributed by atoms with Crippen molar-refractivity contribution in [3.05, 3.63) is 0 Å². The minimum Gasteiger partial charge on any atom is -0.460 e. The van der Waals surface area contributed by atoms with Gasteiger partial charge >= 0.3 is 5.97 Å². The van der Waals surface area contributed by atoms with E-state index in [0.717, 1.165) is 0 Å². The highest BCUT2D eigenvalue weighted by Gasteiger charge is 2.05. The zero-order chi connectivity index (χ0) is 12.3. The van der Waals surface area contributed by atoms with Crippen molar-refractivity contribution in [2.45, 2.75) is 39.4 Å². The topological polar surface area (TPSA) is 76.0 Å². The van der Waals surface area contributed by atoms with Crippen molar-refractivity contribution in [1.29, 1.82) is 0 Å². The van der Waals surface area contributed by atoms with Gasteiger partial charge in [0.1, 0.15) is 6.10 Å². The van der Waals surface area contributed by atoms with Gasteiger partial charge in [-0.1, -0.05) is 6.92 Å². The Labute approximate surface area is 91.0 Å². The number of hydrogen-bond donors (Lipinski definition) is 2. The first-order valence-electron chi connectivity index (χ1n) is 4.95. The first-order chi connectivity index (χ1) is 6.97. The highest BCUT2D eigenvalue weighted by atomic mass is 16.6. The van der Waals surface area contributed by atoms with E-state index in [-0.39, 0.29) is 18.7 Å². The summed E-state index contributed by atoms with van der Waals surface area (Å²) < 4.78 is 9.65. The van der Waals surface area contributed by atoms with Gasteiger partial charge in [0.05, 0.1) is 19.3 Å². The van der Waals surface area contributed by atoms with Gasteiger partial charge in [-0.2, -0.15) is 0 Å². The summed E-state index contributed by atoms with van der Waals surface area (Å²) in [5.74, 6) is -0.176. The lowest BCUT2D eigenvalue weighted by Crippen LogP contribution is -2.18. The van der Waals surface area contributed by atoms with Crippen LogP contribution < -0.4 is 0 Å². The first-order valence-corrected chi connectivity index (χ1v) is 4.95. The zero-order valence-electron chi connectivity index (χ0n) is 9.90. The Morgan fingerprint density at radius 1 is 1.40 bits per heavy atom. The number of esters is 1. The molecule has 0 rings (SSSR count). The molecule has 0 amide bonds. The van der Waals surface area contributed by atoms with Gasteiger partial charge in [-0.25, -0.2) is 0 Å². The predicted octanol–water partition coefficient (Wildman–Crippen LogP) is 0.334. The molecule has 92 valence electrons. The van der Waals surface area contributed by atoms with E-state index < -0.39 is 6.10 Å². The van der Waals surface area contributed by atoms with Crippen LogP contribution in [0.15, 0.2) is 0 Å². The molecule has 2 atom stereocenters. The zero-order valence-corrected chi connectivity index (χ0v) is 9.90. The fourth-order valence-electron chi connectivity index (χ4n) is 0.576. The maximum atomic E-state index is 10.6. The molecule has 0 aromatic rings. The van der Waals surface area contributed by atoms with E-state index in [1.165, 1.54) is 6.92 Å². The lowest BCUT2D eigenvalue weighted by molar-refractivity contribution is -0.150. The first kappa shape index (κ1) is 16.8. The molecule has 0 spiro atoms. The van der Waals surface area contributed by atoms with Gasteiger partial charge in [0, 0.05) is 13.5 Å². The largest absolute Gasteiger partial charge is 0.460 e. The third-order valence-corrected chi connectivity index (χ3v) is 1.29. The minimum absolute atomic E-state index is 0.127. The Balaban J connectivity index is 0. The number of ether oxygens (including phenoxy) is 2. The number of aliphatic hydroxyl groups is 2. The van der Waals surface area contributed by atoms with Gasteiger partial charge in [0.25, 0.3) is 0 Å². The lowest BCUT2D eigenvalue weighted by atomic mass is 10.4. The van der Waals surface area contributed by atoms with Crippen molar-refractivity contribution in [2.24, 2.45) is 0 Å². The standard InChI is InChI=1S/C7H14O3.C3H8O2/c1-4-7(8)10-6(2)5-9-3;1-3(5)2-4/h6H,4-5H2,1-3H3;3-5H,2H2,1H3. The van der Waals surface area contributed by atoms with Crippen LogP contribution in [-0.2, 0) is 14.3 Å². The van der Waals surface area contributed by atoms with Crippen molar-refractivity contribution in [3.63, 3.8) is 0 Å². The van der Waals surface area contributed by atoms with Gasteiger partial charge in [0.2, 0.25) is 0 Å². The summed E-state index contributed by atoms with van der Waals surface area (Å²) in [5, 5.41) is 16.0. The number of hydrogen-bond acceptors (Lipinski definition) is 5. The van der Waals surface area contributed by atoms with Crippen LogP contribution >= 0.6 is 0 Å². The van der Waals surface area contributed by atoms with Crippen molar-refractivity contribution in [1.82, 2.24) is 0 Å². The summed E-state index contributed by atoms with van der Waals surface area (Å²) in [6.07, 6.45) is -0.263. The van der Waals surface area contributed by atoms with E-state index in [2.05, 4.69) is 0 Å². The van der Waals surface area contributed by atoms with Crippen molar-refractivity contribution in [3.8, 4) is 0 Å². The van der Waals surface area contributed by atoms with E-state index in [1.807, 2.05) is 0 Å². The molecular weight excluding hydrogens is 200 g/mol. The number of methoxy groups -OCH3 is 1. The molecule has 2 N–H and O–H groups in total. The fraction of sp³-hybridized carbons (Fsp3) is 0.900. The van der Waals surface area contributed by atoms with E-state index in [4.69, 9.17) is 19.7 Å². The fourth-order valence-corrected chi connectivity index (χ4v) is 0.576. The van der Waals surface area contributed by atoms with Crippen LogP contribution in [0.25, 0.3) is 0 Å². The molecular formula is C10H22O5. The Morgan fingerprint density at radius 3 is 2.13 bits per heavy atom. The normalized spacial score (nSPS) is 13.5. The van der Waals surface area contributed by atoms with Crippen LogP contribution in [0.2, 0.25) is 0 Å². The SMILES string of the molecule is CC(O)CO.CCC(=O)OC(C)COC. The second-order valence-electron chi connectivity index (χ2n) is 3.14. The monoisotopic (exact) mass is 222 g/mol. The number of rotatable bonds is 5. The summed E-state index contributed by atoms with van der Waals surface area (Å²) in [4.78, 5) is 10.6. The maximum absolute atomic E-state index is 10.6. The maximum Gasteiger partial charge on any atom is 0.305 e. The Bertz CT molecular complexity index is 147. The van der Waals surface area contributed by atoms with Crippen LogP contribution in [0.4, 0.5) is 0 Å². The quantitative estimate of drug-likeness (QED) is 0.656. The molecule has 0 saturated heterocycles. The third kappa shape index (κ3) is 16.1. The van der Waals surface area contributed by atoms with Crippen molar-refractivity contribution in [2.75, 3.05) is 20.3 Å². The molecule has 0 heterocycles. The molecule has 0 aliphatic carbocycles. The molecule has 0 bridgehead atoms. The van der Waals surface area contributed by atoms with Crippen LogP contribution in [0.3, 0.4) is 0 Å². The van der Waals surface area contributed by atoms with Gasteiger partial charge in [0.15, 0.2) is 0 Å². The summed E-state index contributed by atoms with van der Waals surface area (Å²) in [7, 11) is 1.58. The molecule has 0 saturated carbocycles. The highest BCUT2D eigenvalue weighted by molar-refractivity contribution is 5.69. The Kier molecular flexibility index (Phi) is 12.8. The molecule has 5 heteroatoms. The summed E-state index contributed by atoms with van der Waals surface area (Å²) >= 11 is 0. The van der Waals surface area contributed by atoms with Crippen molar-refractivity contribution >= 4 is 5.97 Å². The summed E-state index contributed by atoms with van der Waals surface area (Å²) in [5.41, 5.74) is 0. The molecule has 0 aliphatic rings. The average Bonchev–Trinajstić information content (AvgIpc) is 2.18. The second-order valence-corrected chi connectivity index (χ2v) is 3.14.